The first-order chi connectivity index (χ1) is 13.3. The lowest BCUT2D eigenvalue weighted by Crippen LogP contribution is -2.33. The zero-order chi connectivity index (χ0) is 20.7. The molecule has 2 aromatic rings. The molecule has 7 heteroatoms. The summed E-state index contributed by atoms with van der Waals surface area (Å²) in [6, 6.07) is 9.33. The number of anilines is 2. The van der Waals surface area contributed by atoms with Crippen molar-refractivity contribution < 1.29 is 18.7 Å². The number of carbonyl (C=O) groups excluding carboxylic acids is 2. The highest BCUT2D eigenvalue weighted by atomic mass is 16.5. The van der Waals surface area contributed by atoms with E-state index in [0.717, 1.165) is 17.0 Å². The number of nitrogens with one attached hydrogen (secondary N) is 1. The number of carbonyl (C=O) groups is 2. The van der Waals surface area contributed by atoms with Crippen molar-refractivity contribution in [1.82, 2.24) is 4.90 Å². The van der Waals surface area contributed by atoms with Crippen LogP contribution in [0.2, 0.25) is 0 Å². The molecule has 1 heterocycles. The minimum atomic E-state index is -0.225. The monoisotopic (exact) mass is 387 g/mol. The van der Waals surface area contributed by atoms with Gasteiger partial charge in [0.1, 0.15) is 12.4 Å². The van der Waals surface area contributed by atoms with Gasteiger partial charge < -0.3 is 24.3 Å². The van der Waals surface area contributed by atoms with E-state index in [-0.39, 0.29) is 24.3 Å². The Kier molecular flexibility index (Phi) is 7.63. The van der Waals surface area contributed by atoms with Gasteiger partial charge in [0.25, 0.3) is 0 Å². The van der Waals surface area contributed by atoms with Crippen molar-refractivity contribution in [1.29, 1.82) is 0 Å². The van der Waals surface area contributed by atoms with Crippen molar-refractivity contribution >= 4 is 23.2 Å². The average Bonchev–Trinajstić information content (AvgIpc) is 3.13. The molecule has 0 aliphatic rings. The standard InChI is InChI=1S/C21H29N3O4/c1-15(2)21(26)24(13-18-7-6-10-28-18)12-16-11-17(22-20(25)14-27-5)8-9-19(16)23(3)4/h6-11,15H,12-14H2,1-5H3,(H,22,25). The minimum absolute atomic E-state index is 0.0127. The molecular weight excluding hydrogens is 358 g/mol. The van der Waals surface area contributed by atoms with Crippen molar-refractivity contribution in [2.75, 3.05) is 38.0 Å². The molecule has 2 amide bonds. The second kappa shape index (κ2) is 9.94. The molecule has 0 saturated heterocycles. The maximum Gasteiger partial charge on any atom is 0.250 e. The Morgan fingerprint density at radius 3 is 2.50 bits per heavy atom. The summed E-state index contributed by atoms with van der Waals surface area (Å²) in [7, 11) is 5.37. The van der Waals surface area contributed by atoms with Gasteiger partial charge in [-0.15, -0.1) is 0 Å². The first kappa shape index (κ1) is 21.5. The SMILES string of the molecule is COCC(=O)Nc1ccc(N(C)C)c(CN(Cc2ccco2)C(=O)C(C)C)c1. The van der Waals surface area contributed by atoms with E-state index < -0.39 is 0 Å². The molecule has 0 bridgehead atoms. The van der Waals surface area contributed by atoms with Crippen molar-refractivity contribution in [3.8, 4) is 0 Å². The summed E-state index contributed by atoms with van der Waals surface area (Å²) in [6.45, 7) is 4.54. The highest BCUT2D eigenvalue weighted by Gasteiger charge is 2.21. The highest BCUT2D eigenvalue weighted by molar-refractivity contribution is 5.92. The topological polar surface area (TPSA) is 75.0 Å². The van der Waals surface area contributed by atoms with Crippen molar-refractivity contribution in [2.24, 2.45) is 5.92 Å². The van der Waals surface area contributed by atoms with Crippen LogP contribution in [0.3, 0.4) is 0 Å². The lowest BCUT2D eigenvalue weighted by atomic mass is 10.1. The molecule has 1 aromatic carbocycles. The van der Waals surface area contributed by atoms with E-state index in [1.807, 2.05) is 63.2 Å². The summed E-state index contributed by atoms with van der Waals surface area (Å²) in [5, 5.41) is 2.82. The van der Waals surface area contributed by atoms with Crippen LogP contribution in [0.25, 0.3) is 0 Å². The Morgan fingerprint density at radius 2 is 1.93 bits per heavy atom. The second-order valence-corrected chi connectivity index (χ2v) is 7.15. The molecule has 0 aliphatic heterocycles. The maximum atomic E-state index is 12.8. The van der Waals surface area contributed by atoms with Crippen LogP contribution < -0.4 is 10.2 Å². The molecule has 0 radical (unpaired) electrons. The summed E-state index contributed by atoms with van der Waals surface area (Å²) in [5.74, 6) is 0.402. The molecule has 28 heavy (non-hydrogen) atoms. The molecule has 0 saturated carbocycles. The summed E-state index contributed by atoms with van der Waals surface area (Å²) < 4.78 is 10.3. The van der Waals surface area contributed by atoms with Gasteiger partial charge in [0.15, 0.2) is 0 Å². The fraction of sp³-hybridized carbons (Fsp3) is 0.429. The fourth-order valence-corrected chi connectivity index (χ4v) is 2.93. The number of nitrogens with zero attached hydrogens (tertiary/aromatic N) is 2. The van der Waals surface area contributed by atoms with Gasteiger partial charge in [-0.1, -0.05) is 13.8 Å². The van der Waals surface area contributed by atoms with E-state index in [4.69, 9.17) is 9.15 Å². The number of amides is 2. The van der Waals surface area contributed by atoms with Crippen LogP contribution in [0.15, 0.2) is 41.0 Å². The lowest BCUT2D eigenvalue weighted by molar-refractivity contribution is -0.136. The van der Waals surface area contributed by atoms with Crippen LogP contribution in [0, 0.1) is 5.92 Å². The number of methoxy groups -OCH3 is 1. The quantitative estimate of drug-likeness (QED) is 0.716. The van der Waals surface area contributed by atoms with E-state index >= 15 is 0 Å². The Bertz CT molecular complexity index is 785. The largest absolute Gasteiger partial charge is 0.467 e. The van der Waals surface area contributed by atoms with E-state index in [1.165, 1.54) is 7.11 Å². The minimum Gasteiger partial charge on any atom is -0.467 e. The number of hydrogen-bond donors (Lipinski definition) is 1. The number of benzene rings is 1. The van der Waals surface area contributed by atoms with Crippen LogP contribution >= 0.6 is 0 Å². The summed E-state index contributed by atoms with van der Waals surface area (Å²) in [5.41, 5.74) is 2.57. The predicted octanol–water partition coefficient (Wildman–Crippen LogP) is 3.12. The van der Waals surface area contributed by atoms with Gasteiger partial charge in [-0.25, -0.2) is 0 Å². The van der Waals surface area contributed by atoms with Crippen molar-refractivity contribution in [2.45, 2.75) is 26.9 Å². The zero-order valence-corrected chi connectivity index (χ0v) is 17.2. The summed E-state index contributed by atoms with van der Waals surface area (Å²) >= 11 is 0. The Labute approximate surface area is 166 Å². The lowest BCUT2D eigenvalue weighted by Gasteiger charge is -2.27. The number of rotatable bonds is 9. The molecule has 0 unspecified atom stereocenters. The number of furan rings is 1. The van der Waals surface area contributed by atoms with Crippen LogP contribution in [-0.2, 0) is 27.4 Å². The third kappa shape index (κ3) is 5.85. The normalized spacial score (nSPS) is 10.8. The Hall–Kier alpha value is -2.80. The van der Waals surface area contributed by atoms with Gasteiger partial charge >= 0.3 is 0 Å². The Balaban J connectivity index is 2.31. The van der Waals surface area contributed by atoms with Crippen LogP contribution in [0.1, 0.15) is 25.2 Å². The molecule has 1 N–H and O–H groups in total. The van der Waals surface area contributed by atoms with Gasteiger partial charge in [0.2, 0.25) is 11.8 Å². The van der Waals surface area contributed by atoms with E-state index in [9.17, 15) is 9.59 Å². The van der Waals surface area contributed by atoms with Gasteiger partial charge in [-0.2, -0.15) is 0 Å². The summed E-state index contributed by atoms with van der Waals surface area (Å²) in [4.78, 5) is 28.4. The highest BCUT2D eigenvalue weighted by Crippen LogP contribution is 2.26. The third-order valence-electron chi connectivity index (χ3n) is 4.21. The van der Waals surface area contributed by atoms with E-state index in [2.05, 4.69) is 5.32 Å². The smallest absolute Gasteiger partial charge is 0.250 e. The molecular formula is C21H29N3O4. The van der Waals surface area contributed by atoms with E-state index in [0.29, 0.717) is 18.8 Å². The van der Waals surface area contributed by atoms with Crippen LogP contribution in [0.4, 0.5) is 11.4 Å². The average molecular weight is 387 g/mol. The zero-order valence-electron chi connectivity index (χ0n) is 17.2. The van der Waals surface area contributed by atoms with Gasteiger partial charge in [0, 0.05) is 45.0 Å². The van der Waals surface area contributed by atoms with Crippen molar-refractivity contribution in [3.05, 3.63) is 47.9 Å². The first-order valence-corrected chi connectivity index (χ1v) is 9.22. The number of ether oxygens (including phenoxy) is 1. The Morgan fingerprint density at radius 1 is 1.18 bits per heavy atom. The first-order valence-electron chi connectivity index (χ1n) is 9.22. The number of hydrogen-bond acceptors (Lipinski definition) is 5. The molecule has 0 spiro atoms. The summed E-state index contributed by atoms with van der Waals surface area (Å²) in [6.07, 6.45) is 1.60. The maximum absolute atomic E-state index is 12.8. The molecule has 0 aliphatic carbocycles. The molecule has 0 atom stereocenters. The van der Waals surface area contributed by atoms with Gasteiger partial charge in [-0.05, 0) is 35.9 Å². The molecule has 0 fully saturated rings. The predicted molar refractivity (Wildman–Crippen MR) is 109 cm³/mol. The third-order valence-corrected chi connectivity index (χ3v) is 4.21. The van der Waals surface area contributed by atoms with E-state index in [1.54, 1.807) is 11.2 Å². The van der Waals surface area contributed by atoms with Gasteiger partial charge in [0.05, 0.1) is 12.8 Å². The van der Waals surface area contributed by atoms with Crippen LogP contribution in [0.5, 0.6) is 0 Å². The van der Waals surface area contributed by atoms with Crippen molar-refractivity contribution in [3.63, 3.8) is 0 Å². The van der Waals surface area contributed by atoms with Crippen LogP contribution in [-0.4, -0.2) is 44.5 Å². The second-order valence-electron chi connectivity index (χ2n) is 7.15. The van der Waals surface area contributed by atoms with Gasteiger partial charge in [-0.3, -0.25) is 9.59 Å². The molecule has 7 nitrogen and oxygen atoms in total. The molecule has 2 rings (SSSR count). The molecule has 152 valence electrons. The molecule has 1 aromatic heterocycles. The fourth-order valence-electron chi connectivity index (χ4n) is 2.93.